The van der Waals surface area contributed by atoms with E-state index in [0.29, 0.717) is 17.3 Å². The maximum absolute atomic E-state index is 12.2. The van der Waals surface area contributed by atoms with Gasteiger partial charge in [0.25, 0.3) is 5.91 Å². The van der Waals surface area contributed by atoms with E-state index in [4.69, 9.17) is 4.74 Å². The zero-order valence-corrected chi connectivity index (χ0v) is 13.6. The molecule has 0 saturated carbocycles. The highest BCUT2D eigenvalue weighted by molar-refractivity contribution is 6.03. The number of nitrogens with zero attached hydrogens (tertiary/aromatic N) is 3. The molecule has 126 valence electrons. The van der Waals surface area contributed by atoms with Crippen molar-refractivity contribution in [3.05, 3.63) is 59.1 Å². The fourth-order valence-electron chi connectivity index (χ4n) is 2.79. The molecule has 0 saturated heterocycles. The number of anilines is 2. The van der Waals surface area contributed by atoms with E-state index in [1.807, 2.05) is 32.0 Å². The number of aryl methyl sites for hydroxylation is 2. The number of ether oxygens (including phenoxy) is 1. The molecule has 3 aromatic rings. The Morgan fingerprint density at radius 3 is 2.76 bits per heavy atom. The molecule has 1 atom stereocenters. The van der Waals surface area contributed by atoms with Gasteiger partial charge in [-0.2, -0.15) is 0 Å². The van der Waals surface area contributed by atoms with E-state index >= 15 is 0 Å². The molecule has 0 spiro atoms. The van der Waals surface area contributed by atoms with Crippen molar-refractivity contribution in [3.63, 3.8) is 0 Å². The lowest BCUT2D eigenvalue weighted by molar-refractivity contribution is 0.102. The number of aromatic nitrogens is 3. The van der Waals surface area contributed by atoms with E-state index in [1.54, 1.807) is 6.07 Å². The summed E-state index contributed by atoms with van der Waals surface area (Å²) in [6.45, 7) is 4.06. The van der Waals surface area contributed by atoms with Crippen LogP contribution in [0.2, 0.25) is 0 Å². The summed E-state index contributed by atoms with van der Waals surface area (Å²) in [7, 11) is 0. The Balaban J connectivity index is 1.57. The van der Waals surface area contributed by atoms with Crippen molar-refractivity contribution in [2.24, 2.45) is 0 Å². The van der Waals surface area contributed by atoms with Crippen LogP contribution < -0.4 is 15.4 Å². The van der Waals surface area contributed by atoms with E-state index in [-0.39, 0.29) is 11.9 Å². The Bertz CT molecular complexity index is 919. The topological polar surface area (TPSA) is 102 Å². The molecular formula is C17H15N5O3. The van der Waals surface area contributed by atoms with Crippen LogP contribution in [0, 0.1) is 13.8 Å². The first kappa shape index (κ1) is 15.1. The van der Waals surface area contributed by atoms with Crippen LogP contribution in [0.4, 0.5) is 11.5 Å². The van der Waals surface area contributed by atoms with Crippen LogP contribution in [0.3, 0.4) is 0 Å². The molecule has 4 rings (SSSR count). The van der Waals surface area contributed by atoms with Crippen molar-refractivity contribution in [2.75, 3.05) is 10.6 Å². The fraction of sp³-hybridized carbons (Fsp3) is 0.176. The highest BCUT2D eigenvalue weighted by Crippen LogP contribution is 2.38. The third kappa shape index (κ3) is 2.78. The first-order valence-electron chi connectivity index (χ1n) is 7.69. The summed E-state index contributed by atoms with van der Waals surface area (Å²) in [5.74, 6) is 0.574. The minimum atomic E-state index is -0.419. The smallest absolute Gasteiger partial charge is 0.276 e. The maximum atomic E-state index is 12.2. The summed E-state index contributed by atoms with van der Waals surface area (Å²) in [6, 6.07) is 7.62. The van der Waals surface area contributed by atoms with E-state index in [9.17, 15) is 4.79 Å². The molecule has 1 aliphatic rings. The summed E-state index contributed by atoms with van der Waals surface area (Å²) in [4.78, 5) is 12.2. The van der Waals surface area contributed by atoms with Crippen molar-refractivity contribution in [2.45, 2.75) is 20.1 Å². The highest BCUT2D eigenvalue weighted by atomic mass is 16.5. The number of hydrogen-bond acceptors (Lipinski definition) is 7. The Morgan fingerprint density at radius 1 is 1.24 bits per heavy atom. The fourth-order valence-corrected chi connectivity index (χ4v) is 2.79. The molecular weight excluding hydrogens is 322 g/mol. The zero-order valence-electron chi connectivity index (χ0n) is 13.6. The van der Waals surface area contributed by atoms with Gasteiger partial charge >= 0.3 is 0 Å². The quantitative estimate of drug-likeness (QED) is 0.757. The molecule has 1 aromatic carbocycles. The van der Waals surface area contributed by atoms with E-state index < -0.39 is 5.91 Å². The Hall–Kier alpha value is -3.42. The molecule has 2 aromatic heterocycles. The van der Waals surface area contributed by atoms with E-state index in [1.165, 1.54) is 12.5 Å². The average Bonchev–Trinajstić information content (AvgIpc) is 3.23. The van der Waals surface area contributed by atoms with E-state index in [0.717, 1.165) is 16.7 Å². The van der Waals surface area contributed by atoms with Crippen LogP contribution in [0.25, 0.3) is 0 Å². The van der Waals surface area contributed by atoms with Crippen molar-refractivity contribution in [1.82, 2.24) is 15.4 Å². The lowest BCUT2D eigenvalue weighted by Gasteiger charge is -2.16. The number of rotatable bonds is 3. The van der Waals surface area contributed by atoms with Gasteiger partial charge in [-0.05, 0) is 25.0 Å². The molecule has 25 heavy (non-hydrogen) atoms. The molecule has 3 heterocycles. The van der Waals surface area contributed by atoms with Gasteiger partial charge in [-0.25, -0.2) is 0 Å². The molecule has 1 amide bonds. The van der Waals surface area contributed by atoms with Crippen molar-refractivity contribution in [1.29, 1.82) is 0 Å². The van der Waals surface area contributed by atoms with Crippen molar-refractivity contribution < 1.29 is 14.1 Å². The standard InChI is InChI=1S/C17H15N5O3/c1-9-4-3-5-10(2)14(9)17-20-15-13(25-17)6-12(21-22-15)16(23)19-11-7-18-24-8-11/h3-8,17H,1-2H3,(H,19,23)(H,20,22). The molecule has 0 bridgehead atoms. The van der Waals surface area contributed by atoms with Gasteiger partial charge in [0.15, 0.2) is 23.5 Å². The van der Waals surface area contributed by atoms with Gasteiger partial charge in [-0.1, -0.05) is 23.4 Å². The molecule has 0 radical (unpaired) electrons. The van der Waals surface area contributed by atoms with Crippen molar-refractivity contribution in [3.8, 4) is 5.75 Å². The van der Waals surface area contributed by atoms with Crippen LogP contribution in [-0.2, 0) is 0 Å². The number of nitrogens with one attached hydrogen (secondary N) is 2. The SMILES string of the molecule is Cc1cccc(C)c1C1Nc2nnc(C(=O)Nc3cnoc3)cc2O1. The highest BCUT2D eigenvalue weighted by Gasteiger charge is 2.28. The largest absolute Gasteiger partial charge is 0.462 e. The normalized spacial score (nSPS) is 15.2. The molecule has 1 unspecified atom stereocenters. The molecule has 0 aliphatic carbocycles. The van der Waals surface area contributed by atoms with Crippen LogP contribution in [0.1, 0.15) is 33.4 Å². The van der Waals surface area contributed by atoms with E-state index in [2.05, 4.69) is 30.5 Å². The zero-order chi connectivity index (χ0) is 17.4. The van der Waals surface area contributed by atoms with Gasteiger partial charge in [0.2, 0.25) is 0 Å². The minimum absolute atomic E-state index is 0.143. The summed E-state index contributed by atoms with van der Waals surface area (Å²) < 4.78 is 10.6. The molecule has 8 nitrogen and oxygen atoms in total. The molecule has 0 fully saturated rings. The first-order valence-corrected chi connectivity index (χ1v) is 7.69. The summed E-state index contributed by atoms with van der Waals surface area (Å²) >= 11 is 0. The number of amides is 1. The van der Waals surface area contributed by atoms with Gasteiger partial charge in [-0.3, -0.25) is 4.79 Å². The summed E-state index contributed by atoms with van der Waals surface area (Å²) in [5.41, 5.74) is 3.87. The van der Waals surface area contributed by atoms with Gasteiger partial charge in [-0.15, -0.1) is 10.2 Å². The third-order valence-electron chi connectivity index (χ3n) is 4.00. The predicted octanol–water partition coefficient (Wildman–Crippen LogP) is 2.84. The monoisotopic (exact) mass is 337 g/mol. The number of hydrogen-bond donors (Lipinski definition) is 2. The molecule has 8 heteroatoms. The van der Waals surface area contributed by atoms with Crippen LogP contribution in [-0.4, -0.2) is 21.3 Å². The van der Waals surface area contributed by atoms with Crippen LogP contribution in [0.15, 0.2) is 41.2 Å². The Kier molecular flexibility index (Phi) is 3.57. The van der Waals surface area contributed by atoms with Gasteiger partial charge in [0, 0.05) is 11.6 Å². The van der Waals surface area contributed by atoms with Crippen LogP contribution >= 0.6 is 0 Å². The Labute approximate surface area is 143 Å². The number of carbonyl (C=O) groups is 1. The second kappa shape index (κ2) is 5.90. The average molecular weight is 337 g/mol. The van der Waals surface area contributed by atoms with Gasteiger partial charge < -0.3 is 19.9 Å². The van der Waals surface area contributed by atoms with Crippen molar-refractivity contribution >= 4 is 17.4 Å². The first-order chi connectivity index (χ1) is 12.1. The number of fused-ring (bicyclic) bond motifs is 1. The van der Waals surface area contributed by atoms with Crippen LogP contribution in [0.5, 0.6) is 5.75 Å². The third-order valence-corrected chi connectivity index (χ3v) is 4.00. The molecule has 1 aliphatic heterocycles. The lowest BCUT2D eigenvalue weighted by Crippen LogP contribution is -2.14. The van der Waals surface area contributed by atoms with Gasteiger partial charge in [0.1, 0.15) is 12.0 Å². The number of carbonyl (C=O) groups excluding carboxylic acids is 1. The second-order valence-electron chi connectivity index (χ2n) is 5.76. The number of benzene rings is 1. The summed E-state index contributed by atoms with van der Waals surface area (Å²) in [5, 5.41) is 17.3. The minimum Gasteiger partial charge on any atom is -0.462 e. The van der Waals surface area contributed by atoms with Gasteiger partial charge in [0.05, 0.1) is 6.20 Å². The Morgan fingerprint density at radius 2 is 2.04 bits per heavy atom. The maximum Gasteiger partial charge on any atom is 0.276 e. The molecule has 2 N–H and O–H groups in total. The lowest BCUT2D eigenvalue weighted by atomic mass is 10.0. The summed E-state index contributed by atoms with van der Waals surface area (Å²) in [6.07, 6.45) is 2.36. The second-order valence-corrected chi connectivity index (χ2v) is 5.76. The predicted molar refractivity (Wildman–Crippen MR) is 89.4 cm³/mol.